The second-order valence-corrected chi connectivity index (χ2v) is 4.46. The third kappa shape index (κ3) is 0.969. The van der Waals surface area contributed by atoms with Gasteiger partial charge in [-0.15, -0.1) is 0 Å². The Morgan fingerprint density at radius 2 is 2.14 bits per heavy atom. The molecule has 0 N–H and O–H groups in total. The highest BCUT2D eigenvalue weighted by atomic mass is 16.5. The third-order valence-corrected chi connectivity index (χ3v) is 3.60. The van der Waals surface area contributed by atoms with Gasteiger partial charge < -0.3 is 9.47 Å². The van der Waals surface area contributed by atoms with Gasteiger partial charge in [0, 0.05) is 5.41 Å². The average molecular weight is 190 g/mol. The van der Waals surface area contributed by atoms with E-state index >= 15 is 0 Å². The summed E-state index contributed by atoms with van der Waals surface area (Å²) in [5.74, 6) is 0. The van der Waals surface area contributed by atoms with Gasteiger partial charge in [0.25, 0.3) is 0 Å². The number of ether oxygens (including phenoxy) is 2. The van der Waals surface area contributed by atoms with Gasteiger partial charge in [0.1, 0.15) is 6.61 Å². The predicted octanol–water partition coefficient (Wildman–Crippen LogP) is 2.54. The SMILES string of the molecule is CC1=COCC12CC=C1COC=C1C2. The molecule has 3 aliphatic rings. The minimum absolute atomic E-state index is 0.239. The molecule has 0 saturated heterocycles. The molecule has 0 aromatic rings. The first-order valence-electron chi connectivity index (χ1n) is 5.09. The van der Waals surface area contributed by atoms with Gasteiger partial charge in [0.2, 0.25) is 0 Å². The maximum Gasteiger partial charge on any atom is 0.112 e. The van der Waals surface area contributed by atoms with Gasteiger partial charge >= 0.3 is 0 Å². The van der Waals surface area contributed by atoms with Crippen LogP contribution >= 0.6 is 0 Å². The van der Waals surface area contributed by atoms with Crippen molar-refractivity contribution < 1.29 is 9.47 Å². The first-order chi connectivity index (χ1) is 6.80. The lowest BCUT2D eigenvalue weighted by atomic mass is 9.70. The number of hydrogen-bond acceptors (Lipinski definition) is 2. The van der Waals surface area contributed by atoms with Crippen molar-refractivity contribution in [2.45, 2.75) is 19.8 Å². The predicted molar refractivity (Wildman–Crippen MR) is 53.5 cm³/mol. The van der Waals surface area contributed by atoms with E-state index in [0.29, 0.717) is 0 Å². The van der Waals surface area contributed by atoms with Crippen molar-refractivity contribution in [3.05, 3.63) is 35.3 Å². The molecule has 14 heavy (non-hydrogen) atoms. The van der Waals surface area contributed by atoms with Crippen molar-refractivity contribution in [1.29, 1.82) is 0 Å². The molecule has 1 atom stereocenters. The summed E-state index contributed by atoms with van der Waals surface area (Å²) in [5, 5.41) is 0. The molecule has 0 amide bonds. The monoisotopic (exact) mass is 190 g/mol. The summed E-state index contributed by atoms with van der Waals surface area (Å²) >= 11 is 0. The zero-order chi connectivity index (χ0) is 9.60. The van der Waals surface area contributed by atoms with Crippen LogP contribution in [0.4, 0.5) is 0 Å². The Hall–Kier alpha value is -1.18. The van der Waals surface area contributed by atoms with Crippen LogP contribution < -0.4 is 0 Å². The summed E-state index contributed by atoms with van der Waals surface area (Å²) in [5.41, 5.74) is 4.37. The quantitative estimate of drug-likeness (QED) is 0.584. The second kappa shape index (κ2) is 2.66. The molecule has 0 aromatic heterocycles. The van der Waals surface area contributed by atoms with E-state index in [4.69, 9.17) is 9.47 Å². The van der Waals surface area contributed by atoms with Gasteiger partial charge in [-0.1, -0.05) is 6.08 Å². The second-order valence-electron chi connectivity index (χ2n) is 4.46. The number of fused-ring (bicyclic) bond motifs is 1. The van der Waals surface area contributed by atoms with Crippen LogP contribution in [-0.4, -0.2) is 13.2 Å². The summed E-state index contributed by atoms with van der Waals surface area (Å²) in [6.45, 7) is 3.77. The Bertz CT molecular complexity index is 363. The Labute approximate surface area is 83.9 Å². The van der Waals surface area contributed by atoms with E-state index in [1.165, 1.54) is 16.7 Å². The highest BCUT2D eigenvalue weighted by Crippen LogP contribution is 2.47. The van der Waals surface area contributed by atoms with E-state index in [1.807, 2.05) is 12.5 Å². The van der Waals surface area contributed by atoms with Crippen LogP contribution in [0.5, 0.6) is 0 Å². The maximum atomic E-state index is 5.44. The summed E-state index contributed by atoms with van der Waals surface area (Å²) in [4.78, 5) is 0. The standard InChI is InChI=1S/C12H14O2/c1-9-5-14-8-12(9)3-2-10-6-13-7-11(10)4-12/h2,5,7H,3-4,6,8H2,1H3. The molecule has 1 unspecified atom stereocenters. The number of allylic oxidation sites excluding steroid dienone is 1. The van der Waals surface area contributed by atoms with Gasteiger partial charge in [0.15, 0.2) is 0 Å². The summed E-state index contributed by atoms with van der Waals surface area (Å²) < 4.78 is 10.8. The van der Waals surface area contributed by atoms with E-state index in [2.05, 4.69) is 13.0 Å². The molecule has 0 fully saturated rings. The Morgan fingerprint density at radius 3 is 2.93 bits per heavy atom. The summed E-state index contributed by atoms with van der Waals surface area (Å²) in [6, 6.07) is 0. The number of rotatable bonds is 0. The van der Waals surface area contributed by atoms with Crippen LogP contribution in [0, 0.1) is 5.41 Å². The van der Waals surface area contributed by atoms with Crippen LogP contribution in [0.3, 0.4) is 0 Å². The molecule has 0 bridgehead atoms. The van der Waals surface area contributed by atoms with Crippen LogP contribution in [0.25, 0.3) is 0 Å². The first-order valence-corrected chi connectivity index (χ1v) is 5.09. The smallest absolute Gasteiger partial charge is 0.112 e. The van der Waals surface area contributed by atoms with Crippen molar-refractivity contribution >= 4 is 0 Å². The van der Waals surface area contributed by atoms with Gasteiger partial charge in [-0.05, 0) is 36.5 Å². The maximum absolute atomic E-state index is 5.44. The van der Waals surface area contributed by atoms with Gasteiger partial charge in [-0.25, -0.2) is 0 Å². The molecule has 2 heteroatoms. The van der Waals surface area contributed by atoms with Crippen LogP contribution in [0.1, 0.15) is 19.8 Å². The van der Waals surface area contributed by atoms with E-state index in [9.17, 15) is 0 Å². The summed E-state index contributed by atoms with van der Waals surface area (Å²) in [6.07, 6.45) is 8.33. The van der Waals surface area contributed by atoms with Crippen LogP contribution in [0.15, 0.2) is 35.3 Å². The summed E-state index contributed by atoms with van der Waals surface area (Å²) in [7, 11) is 0. The Kier molecular flexibility index (Phi) is 1.55. The van der Waals surface area contributed by atoms with Gasteiger partial charge in [-0.3, -0.25) is 0 Å². The minimum Gasteiger partial charge on any atom is -0.500 e. The topological polar surface area (TPSA) is 18.5 Å². The molecule has 2 nitrogen and oxygen atoms in total. The zero-order valence-corrected chi connectivity index (χ0v) is 8.38. The molecule has 2 aliphatic heterocycles. The van der Waals surface area contributed by atoms with Crippen molar-refractivity contribution in [2.24, 2.45) is 5.41 Å². The molecule has 74 valence electrons. The van der Waals surface area contributed by atoms with Crippen molar-refractivity contribution in [3.63, 3.8) is 0 Å². The Balaban J connectivity index is 1.96. The Morgan fingerprint density at radius 1 is 1.21 bits per heavy atom. The molecule has 0 saturated carbocycles. The zero-order valence-electron chi connectivity index (χ0n) is 8.38. The van der Waals surface area contributed by atoms with Crippen molar-refractivity contribution in [3.8, 4) is 0 Å². The molecule has 3 rings (SSSR count). The lowest BCUT2D eigenvalue weighted by Gasteiger charge is -2.32. The van der Waals surface area contributed by atoms with E-state index in [-0.39, 0.29) is 5.41 Å². The fourth-order valence-electron chi connectivity index (χ4n) is 2.48. The lowest BCUT2D eigenvalue weighted by Crippen LogP contribution is -2.26. The number of hydrogen-bond donors (Lipinski definition) is 0. The van der Waals surface area contributed by atoms with Gasteiger partial charge in [-0.2, -0.15) is 0 Å². The van der Waals surface area contributed by atoms with Gasteiger partial charge in [0.05, 0.1) is 19.1 Å². The molecule has 1 spiro atoms. The fourth-order valence-corrected chi connectivity index (χ4v) is 2.48. The highest BCUT2D eigenvalue weighted by molar-refractivity contribution is 5.40. The third-order valence-electron chi connectivity index (χ3n) is 3.60. The molecule has 1 aliphatic carbocycles. The van der Waals surface area contributed by atoms with Crippen molar-refractivity contribution in [2.75, 3.05) is 13.2 Å². The van der Waals surface area contributed by atoms with Crippen molar-refractivity contribution in [1.82, 2.24) is 0 Å². The lowest BCUT2D eigenvalue weighted by molar-refractivity contribution is 0.180. The fraction of sp³-hybridized carbons (Fsp3) is 0.500. The highest BCUT2D eigenvalue weighted by Gasteiger charge is 2.40. The van der Waals surface area contributed by atoms with E-state index < -0.39 is 0 Å². The molecular weight excluding hydrogens is 176 g/mol. The first kappa shape index (κ1) is 8.16. The average Bonchev–Trinajstić information content (AvgIpc) is 2.75. The molecule has 0 aromatic carbocycles. The van der Waals surface area contributed by atoms with E-state index in [1.54, 1.807) is 0 Å². The molecular formula is C12H14O2. The largest absolute Gasteiger partial charge is 0.500 e. The normalized spacial score (nSPS) is 34.2. The molecule has 2 heterocycles. The van der Waals surface area contributed by atoms with Crippen LogP contribution in [0.2, 0.25) is 0 Å². The minimum atomic E-state index is 0.239. The van der Waals surface area contributed by atoms with E-state index in [0.717, 1.165) is 26.1 Å². The van der Waals surface area contributed by atoms with Crippen LogP contribution in [-0.2, 0) is 9.47 Å². The molecule has 0 radical (unpaired) electrons.